The Labute approximate surface area is 125 Å². The minimum absolute atomic E-state index is 0.257. The Balaban J connectivity index is 2.17. The van der Waals surface area contributed by atoms with Crippen molar-refractivity contribution in [3.8, 4) is 0 Å². The van der Waals surface area contributed by atoms with Crippen molar-refractivity contribution in [3.05, 3.63) is 44.0 Å². The molecule has 2 unspecified atom stereocenters. The van der Waals surface area contributed by atoms with Crippen molar-refractivity contribution in [2.24, 2.45) is 11.8 Å². The van der Waals surface area contributed by atoms with Crippen LogP contribution in [-0.2, 0) is 16.3 Å². The summed E-state index contributed by atoms with van der Waals surface area (Å²) in [5.41, 5.74) is 3.32. The van der Waals surface area contributed by atoms with Gasteiger partial charge in [0.1, 0.15) is 0 Å². The maximum atomic E-state index is 2.39. The summed E-state index contributed by atoms with van der Waals surface area (Å²) < 4.78 is 3.54. The van der Waals surface area contributed by atoms with Crippen molar-refractivity contribution in [1.29, 1.82) is 0 Å². The van der Waals surface area contributed by atoms with Gasteiger partial charge in [-0.25, -0.2) is 0 Å². The molecule has 2 rings (SSSR count). The van der Waals surface area contributed by atoms with Gasteiger partial charge in [-0.15, -0.1) is 0 Å². The van der Waals surface area contributed by atoms with Gasteiger partial charge in [-0.2, -0.15) is 0 Å². The third-order valence-corrected chi connectivity index (χ3v) is 6.66. The molecule has 0 heterocycles. The molecule has 2 aliphatic carbocycles. The van der Waals surface area contributed by atoms with Crippen molar-refractivity contribution in [2.45, 2.75) is 53.4 Å². The van der Waals surface area contributed by atoms with Gasteiger partial charge in [0, 0.05) is 0 Å². The van der Waals surface area contributed by atoms with Crippen molar-refractivity contribution in [3.63, 3.8) is 0 Å². The van der Waals surface area contributed by atoms with Gasteiger partial charge in [0.2, 0.25) is 0 Å². The van der Waals surface area contributed by atoms with E-state index in [1.54, 1.807) is 19.7 Å². The Bertz CT molecular complexity index is 406. The summed E-state index contributed by atoms with van der Waals surface area (Å²) in [5, 5.41) is 0. The molecule has 0 saturated carbocycles. The summed E-state index contributed by atoms with van der Waals surface area (Å²) >= 11 is 0.257. The molecule has 0 spiro atoms. The quantitative estimate of drug-likeness (QED) is 0.599. The fourth-order valence-electron chi connectivity index (χ4n) is 2.74. The molecule has 1 heteroatoms. The summed E-state index contributed by atoms with van der Waals surface area (Å²) in [6, 6.07) is 0. The molecule has 2 aliphatic rings. The zero-order valence-electron chi connectivity index (χ0n) is 12.7. The molecule has 0 fully saturated rings. The Kier molecular flexibility index (Phi) is 5.36. The zero-order chi connectivity index (χ0) is 13.8. The molecular weight excluding hydrogens is 267 g/mol. The molecule has 0 aromatic rings. The van der Waals surface area contributed by atoms with Crippen molar-refractivity contribution >= 4 is 0 Å². The second-order valence-corrected chi connectivity index (χ2v) is 7.78. The van der Waals surface area contributed by atoms with Gasteiger partial charge in [-0.1, -0.05) is 0 Å². The average Bonchev–Trinajstić information content (AvgIpc) is 3.06. The van der Waals surface area contributed by atoms with E-state index in [2.05, 4.69) is 52.0 Å². The van der Waals surface area contributed by atoms with Crippen LogP contribution in [0.4, 0.5) is 0 Å². The SMILES string of the molecule is CCC(C)C1=[C]([V][C]2=C(C(C)CC)C=CC2)CC=C1. The van der Waals surface area contributed by atoms with Crippen molar-refractivity contribution < 1.29 is 16.3 Å². The first-order chi connectivity index (χ1) is 9.17. The van der Waals surface area contributed by atoms with Gasteiger partial charge < -0.3 is 0 Å². The summed E-state index contributed by atoms with van der Waals surface area (Å²) in [4.78, 5) is 0. The Morgan fingerprint density at radius 2 is 1.32 bits per heavy atom. The third kappa shape index (κ3) is 3.36. The van der Waals surface area contributed by atoms with Gasteiger partial charge in [0.05, 0.1) is 0 Å². The van der Waals surface area contributed by atoms with E-state index in [-0.39, 0.29) is 16.3 Å². The molecule has 0 aliphatic heterocycles. The predicted octanol–water partition coefficient (Wildman–Crippen LogP) is 5.59. The summed E-state index contributed by atoms with van der Waals surface area (Å²) in [6.45, 7) is 9.36. The first-order valence-corrected chi connectivity index (χ1v) is 9.07. The molecule has 19 heavy (non-hydrogen) atoms. The second kappa shape index (κ2) is 6.82. The van der Waals surface area contributed by atoms with Crippen LogP contribution in [0.1, 0.15) is 53.4 Å². The molecule has 0 saturated heterocycles. The molecule has 0 amide bonds. The van der Waals surface area contributed by atoms with Crippen LogP contribution in [0.2, 0.25) is 0 Å². The van der Waals surface area contributed by atoms with Gasteiger partial charge in [0.15, 0.2) is 0 Å². The van der Waals surface area contributed by atoms with Crippen LogP contribution in [0.25, 0.3) is 0 Å². The van der Waals surface area contributed by atoms with Crippen LogP contribution in [0.5, 0.6) is 0 Å². The zero-order valence-corrected chi connectivity index (χ0v) is 14.1. The van der Waals surface area contributed by atoms with Gasteiger partial charge >= 0.3 is 126 Å². The molecule has 2 atom stereocenters. The van der Waals surface area contributed by atoms with E-state index >= 15 is 0 Å². The first-order valence-electron chi connectivity index (χ1n) is 7.68. The summed E-state index contributed by atoms with van der Waals surface area (Å²) in [5.74, 6) is 1.48. The fraction of sp³-hybridized carbons (Fsp3) is 0.556. The third-order valence-electron chi connectivity index (χ3n) is 4.44. The molecule has 0 aromatic heterocycles. The predicted molar refractivity (Wildman–Crippen MR) is 80.5 cm³/mol. The monoisotopic (exact) mass is 293 g/mol. The number of hydrogen-bond donors (Lipinski definition) is 0. The maximum absolute atomic E-state index is 2.39. The molecule has 0 bridgehead atoms. The molecule has 0 aromatic carbocycles. The Morgan fingerprint density at radius 3 is 1.68 bits per heavy atom. The molecule has 0 radical (unpaired) electrons. The van der Waals surface area contributed by atoms with Crippen LogP contribution in [0.3, 0.4) is 0 Å². The van der Waals surface area contributed by atoms with Crippen LogP contribution in [0, 0.1) is 11.8 Å². The van der Waals surface area contributed by atoms with Crippen LogP contribution < -0.4 is 0 Å². The molecule has 0 N–H and O–H groups in total. The van der Waals surface area contributed by atoms with Crippen LogP contribution >= 0.6 is 0 Å². The van der Waals surface area contributed by atoms with Gasteiger partial charge in [0.25, 0.3) is 0 Å². The van der Waals surface area contributed by atoms with Gasteiger partial charge in [-0.3, -0.25) is 0 Å². The standard InChI is InChI=1S/2C9H13.V/c2*1-3-8(2)9-6-4-5-7-9;/h2*4,6,8H,3,5H2,1-2H3;. The number of rotatable bonds is 6. The topological polar surface area (TPSA) is 0 Å². The van der Waals surface area contributed by atoms with E-state index in [1.807, 2.05) is 0 Å². The van der Waals surface area contributed by atoms with E-state index in [4.69, 9.17) is 0 Å². The van der Waals surface area contributed by atoms with Crippen molar-refractivity contribution in [2.75, 3.05) is 0 Å². The number of allylic oxidation sites excluding steroid dienone is 8. The van der Waals surface area contributed by atoms with Crippen LogP contribution in [-0.4, -0.2) is 0 Å². The van der Waals surface area contributed by atoms with E-state index < -0.39 is 0 Å². The first kappa shape index (κ1) is 14.9. The molecule has 103 valence electrons. The van der Waals surface area contributed by atoms with Crippen LogP contribution in [0.15, 0.2) is 44.0 Å². The number of hydrogen-bond acceptors (Lipinski definition) is 0. The second-order valence-electron chi connectivity index (χ2n) is 5.75. The Hall–Kier alpha value is -0.456. The average molecular weight is 293 g/mol. The van der Waals surface area contributed by atoms with E-state index in [0.29, 0.717) is 0 Å². The summed E-state index contributed by atoms with van der Waals surface area (Å²) in [6.07, 6.45) is 14.5. The molecular formula is C18H26V. The van der Waals surface area contributed by atoms with E-state index in [9.17, 15) is 0 Å². The Morgan fingerprint density at radius 1 is 0.895 bits per heavy atom. The van der Waals surface area contributed by atoms with Gasteiger partial charge in [-0.05, 0) is 0 Å². The van der Waals surface area contributed by atoms with E-state index in [1.165, 1.54) is 25.7 Å². The van der Waals surface area contributed by atoms with Crippen molar-refractivity contribution in [1.82, 2.24) is 0 Å². The fourth-order valence-corrected chi connectivity index (χ4v) is 5.19. The minimum atomic E-state index is 0.257. The normalized spacial score (nSPS) is 21.5. The summed E-state index contributed by atoms with van der Waals surface area (Å²) in [7, 11) is 0. The van der Waals surface area contributed by atoms with E-state index in [0.717, 1.165) is 11.8 Å². The molecule has 0 nitrogen and oxygen atoms in total.